The summed E-state index contributed by atoms with van der Waals surface area (Å²) in [5.41, 5.74) is 3.22. The Kier molecular flexibility index (Phi) is 5.36. The molecule has 1 aliphatic rings. The molecule has 1 N–H and O–H groups in total. The van der Waals surface area contributed by atoms with Crippen LogP contribution in [0.15, 0.2) is 18.2 Å². The average molecular weight is 372 g/mol. The van der Waals surface area contributed by atoms with Crippen molar-refractivity contribution in [2.45, 2.75) is 46.5 Å². The lowest BCUT2D eigenvalue weighted by Crippen LogP contribution is -2.24. The lowest BCUT2D eigenvalue weighted by Gasteiger charge is -2.17. The first-order valence-electron chi connectivity index (χ1n) is 8.83. The lowest BCUT2D eigenvalue weighted by molar-refractivity contribution is -0.117. The van der Waals surface area contributed by atoms with Crippen molar-refractivity contribution < 1.29 is 9.59 Å². The van der Waals surface area contributed by atoms with Crippen molar-refractivity contribution in [2.24, 2.45) is 5.92 Å². The second-order valence-corrected chi connectivity index (χ2v) is 8.35. The highest BCUT2D eigenvalue weighted by Gasteiger charge is 2.34. The SMILES string of the molecule is Cc1cc(C)cc(N2CC(c3nnc(NC(=O)CC(C)C)s3)CC2=O)c1. The molecule has 0 aliphatic carbocycles. The molecular formula is C19H24N4O2S. The van der Waals surface area contributed by atoms with Gasteiger partial charge in [-0.3, -0.25) is 9.59 Å². The molecule has 1 aromatic heterocycles. The Bertz CT molecular complexity index is 810. The summed E-state index contributed by atoms with van der Waals surface area (Å²) >= 11 is 1.36. The zero-order valence-corrected chi connectivity index (χ0v) is 16.4. The van der Waals surface area contributed by atoms with E-state index in [0.29, 0.717) is 30.4 Å². The Morgan fingerprint density at radius 2 is 1.96 bits per heavy atom. The number of benzene rings is 1. The number of rotatable bonds is 5. The highest BCUT2D eigenvalue weighted by atomic mass is 32.1. The zero-order chi connectivity index (χ0) is 18.8. The van der Waals surface area contributed by atoms with E-state index in [4.69, 9.17) is 0 Å². The van der Waals surface area contributed by atoms with Crippen molar-refractivity contribution in [3.8, 4) is 0 Å². The minimum Gasteiger partial charge on any atom is -0.312 e. The molecule has 2 aromatic rings. The minimum absolute atomic E-state index is 0.0107. The van der Waals surface area contributed by atoms with E-state index in [1.54, 1.807) is 0 Å². The summed E-state index contributed by atoms with van der Waals surface area (Å²) in [6.07, 6.45) is 0.874. The van der Waals surface area contributed by atoms with E-state index in [1.807, 2.05) is 44.7 Å². The van der Waals surface area contributed by atoms with E-state index in [0.717, 1.165) is 21.8 Å². The maximum atomic E-state index is 12.5. The van der Waals surface area contributed by atoms with Crippen LogP contribution in [0.4, 0.5) is 10.8 Å². The monoisotopic (exact) mass is 372 g/mol. The van der Waals surface area contributed by atoms with Gasteiger partial charge in [-0.1, -0.05) is 31.3 Å². The number of nitrogens with zero attached hydrogens (tertiary/aromatic N) is 3. The van der Waals surface area contributed by atoms with Crippen LogP contribution in [0, 0.1) is 19.8 Å². The average Bonchev–Trinajstić information content (AvgIpc) is 3.12. The van der Waals surface area contributed by atoms with E-state index >= 15 is 0 Å². The standard InChI is InChI=1S/C19H24N4O2S/c1-11(2)5-16(24)20-19-22-21-18(26-19)14-9-17(25)23(10-14)15-7-12(3)6-13(4)8-15/h6-8,11,14H,5,9-10H2,1-4H3,(H,20,22,24). The van der Waals surface area contributed by atoms with Crippen LogP contribution in [-0.4, -0.2) is 28.6 Å². The van der Waals surface area contributed by atoms with Gasteiger partial charge in [0, 0.05) is 31.0 Å². The van der Waals surface area contributed by atoms with Crippen LogP contribution in [0.2, 0.25) is 0 Å². The van der Waals surface area contributed by atoms with Crippen molar-refractivity contribution in [2.75, 3.05) is 16.8 Å². The fourth-order valence-corrected chi connectivity index (χ4v) is 4.07. The van der Waals surface area contributed by atoms with Crippen LogP contribution >= 0.6 is 11.3 Å². The molecule has 2 heterocycles. The van der Waals surface area contributed by atoms with Crippen molar-refractivity contribution in [3.63, 3.8) is 0 Å². The fraction of sp³-hybridized carbons (Fsp3) is 0.474. The van der Waals surface area contributed by atoms with E-state index in [-0.39, 0.29) is 17.7 Å². The lowest BCUT2D eigenvalue weighted by atomic mass is 10.1. The second kappa shape index (κ2) is 7.53. The van der Waals surface area contributed by atoms with E-state index in [1.165, 1.54) is 11.3 Å². The molecule has 1 unspecified atom stereocenters. The molecular weight excluding hydrogens is 348 g/mol. The summed E-state index contributed by atoms with van der Waals surface area (Å²) in [7, 11) is 0. The number of hydrogen-bond donors (Lipinski definition) is 1. The van der Waals surface area contributed by atoms with Gasteiger partial charge in [0.05, 0.1) is 0 Å². The van der Waals surface area contributed by atoms with E-state index in [2.05, 4.69) is 21.6 Å². The summed E-state index contributed by atoms with van der Waals surface area (Å²) in [6.45, 7) is 8.65. The van der Waals surface area contributed by atoms with Crippen molar-refractivity contribution in [1.82, 2.24) is 10.2 Å². The van der Waals surface area contributed by atoms with E-state index in [9.17, 15) is 9.59 Å². The van der Waals surface area contributed by atoms with Crippen molar-refractivity contribution in [3.05, 3.63) is 34.3 Å². The number of aromatic nitrogens is 2. The van der Waals surface area contributed by atoms with Crippen LogP contribution in [0.25, 0.3) is 0 Å². The zero-order valence-electron chi connectivity index (χ0n) is 15.6. The Hall–Kier alpha value is -2.28. The Balaban J connectivity index is 1.70. The molecule has 0 spiro atoms. The fourth-order valence-electron chi connectivity index (χ4n) is 3.22. The summed E-state index contributed by atoms with van der Waals surface area (Å²) < 4.78 is 0. The maximum absolute atomic E-state index is 12.5. The molecule has 0 radical (unpaired) electrons. The van der Waals surface area contributed by atoms with Crippen molar-refractivity contribution in [1.29, 1.82) is 0 Å². The Morgan fingerprint density at radius 1 is 1.27 bits per heavy atom. The van der Waals surface area contributed by atoms with Gasteiger partial charge in [0.25, 0.3) is 0 Å². The van der Waals surface area contributed by atoms with Gasteiger partial charge >= 0.3 is 0 Å². The van der Waals surface area contributed by atoms with Gasteiger partial charge < -0.3 is 10.2 Å². The first-order chi connectivity index (χ1) is 12.3. The minimum atomic E-state index is -0.0536. The number of anilines is 2. The van der Waals surface area contributed by atoms with E-state index < -0.39 is 0 Å². The number of carbonyl (C=O) groups is 2. The van der Waals surface area contributed by atoms with Crippen LogP contribution < -0.4 is 10.2 Å². The Labute approximate surface area is 157 Å². The number of nitrogens with one attached hydrogen (secondary N) is 1. The van der Waals surface area contributed by atoms with Crippen LogP contribution in [0.3, 0.4) is 0 Å². The van der Waals surface area contributed by atoms with Crippen LogP contribution in [0.1, 0.15) is 48.7 Å². The second-order valence-electron chi connectivity index (χ2n) is 7.34. The molecule has 2 amide bonds. The smallest absolute Gasteiger partial charge is 0.227 e. The normalized spacial score (nSPS) is 17.2. The van der Waals surface area contributed by atoms with Gasteiger partial charge in [0.15, 0.2) is 0 Å². The summed E-state index contributed by atoms with van der Waals surface area (Å²) in [5.74, 6) is 0.348. The molecule has 1 fully saturated rings. The topological polar surface area (TPSA) is 75.2 Å². The van der Waals surface area contributed by atoms with Crippen LogP contribution in [-0.2, 0) is 9.59 Å². The molecule has 0 saturated carbocycles. The van der Waals surface area contributed by atoms with Crippen LogP contribution in [0.5, 0.6) is 0 Å². The molecule has 1 atom stereocenters. The summed E-state index contributed by atoms with van der Waals surface area (Å²) in [4.78, 5) is 26.2. The molecule has 6 nitrogen and oxygen atoms in total. The molecule has 1 saturated heterocycles. The largest absolute Gasteiger partial charge is 0.312 e. The summed E-state index contributed by atoms with van der Waals surface area (Å²) in [5, 5.41) is 12.4. The number of carbonyl (C=O) groups excluding carboxylic acids is 2. The third kappa shape index (κ3) is 4.27. The van der Waals surface area contributed by atoms with Gasteiger partial charge in [-0.2, -0.15) is 0 Å². The molecule has 1 aromatic carbocycles. The van der Waals surface area contributed by atoms with Gasteiger partial charge in [-0.15, -0.1) is 10.2 Å². The Morgan fingerprint density at radius 3 is 2.62 bits per heavy atom. The highest BCUT2D eigenvalue weighted by Crippen LogP contribution is 2.34. The molecule has 3 rings (SSSR count). The quantitative estimate of drug-likeness (QED) is 0.869. The van der Waals surface area contributed by atoms with Gasteiger partial charge in [0.2, 0.25) is 16.9 Å². The molecule has 0 bridgehead atoms. The first-order valence-corrected chi connectivity index (χ1v) is 9.65. The highest BCUT2D eigenvalue weighted by molar-refractivity contribution is 7.15. The van der Waals surface area contributed by atoms with Gasteiger partial charge in [0.1, 0.15) is 5.01 Å². The molecule has 26 heavy (non-hydrogen) atoms. The summed E-state index contributed by atoms with van der Waals surface area (Å²) in [6, 6.07) is 6.16. The molecule has 138 valence electrons. The number of aryl methyl sites for hydroxylation is 2. The third-order valence-corrected chi connectivity index (χ3v) is 5.27. The van der Waals surface area contributed by atoms with Gasteiger partial charge in [-0.05, 0) is 43.0 Å². The van der Waals surface area contributed by atoms with Gasteiger partial charge in [-0.25, -0.2) is 0 Å². The maximum Gasteiger partial charge on any atom is 0.227 e. The predicted molar refractivity (Wildman–Crippen MR) is 104 cm³/mol. The number of hydrogen-bond acceptors (Lipinski definition) is 5. The predicted octanol–water partition coefficient (Wildman–Crippen LogP) is 3.66. The molecule has 1 aliphatic heterocycles. The van der Waals surface area contributed by atoms with Crippen molar-refractivity contribution >= 4 is 34.0 Å². The molecule has 7 heteroatoms. The first kappa shape index (κ1) is 18.5. The third-order valence-electron chi connectivity index (χ3n) is 4.27. The number of amides is 2.